The Kier molecular flexibility index (Phi) is 8.30. The van der Waals surface area contributed by atoms with Crippen molar-refractivity contribution in [2.75, 3.05) is 19.0 Å². The summed E-state index contributed by atoms with van der Waals surface area (Å²) in [5.74, 6) is -0.971. The van der Waals surface area contributed by atoms with Crippen LogP contribution in [0.1, 0.15) is 16.7 Å². The van der Waals surface area contributed by atoms with Gasteiger partial charge in [0.2, 0.25) is 5.91 Å². The fraction of sp³-hybridized carbons (Fsp3) is 0.148. The van der Waals surface area contributed by atoms with Gasteiger partial charge in [-0.15, -0.1) is 0 Å². The van der Waals surface area contributed by atoms with E-state index in [-0.39, 0.29) is 10.6 Å². The number of carbonyl (C=O) groups is 3. The minimum absolute atomic E-state index is 0.0317. The molecule has 1 aliphatic rings. The van der Waals surface area contributed by atoms with Gasteiger partial charge in [0.25, 0.3) is 11.1 Å². The van der Waals surface area contributed by atoms with Crippen molar-refractivity contribution in [3.8, 4) is 11.5 Å². The van der Waals surface area contributed by atoms with E-state index in [1.165, 1.54) is 31.4 Å². The van der Waals surface area contributed by atoms with Crippen LogP contribution in [0, 0.1) is 12.7 Å². The molecule has 3 aromatic rings. The molecule has 7 nitrogen and oxygen atoms in total. The fourth-order valence-electron chi connectivity index (χ4n) is 3.45. The zero-order valence-corrected chi connectivity index (χ0v) is 22.3. The van der Waals surface area contributed by atoms with E-state index in [0.29, 0.717) is 39.9 Å². The molecule has 1 N–H and O–H groups in total. The monoisotopic (exact) mass is 584 g/mol. The first kappa shape index (κ1) is 26.4. The molecule has 0 aromatic heterocycles. The topological polar surface area (TPSA) is 84.9 Å². The van der Waals surface area contributed by atoms with E-state index in [1.807, 2.05) is 31.2 Å². The summed E-state index contributed by atoms with van der Waals surface area (Å²) in [5.41, 5.74) is 2.71. The molecule has 0 spiro atoms. The first-order valence-corrected chi connectivity index (χ1v) is 12.7. The molecule has 0 unspecified atom stereocenters. The van der Waals surface area contributed by atoms with Crippen molar-refractivity contribution in [2.24, 2.45) is 0 Å². The van der Waals surface area contributed by atoms with Gasteiger partial charge in [-0.1, -0.05) is 57.9 Å². The van der Waals surface area contributed by atoms with Crippen molar-refractivity contribution in [2.45, 2.75) is 13.5 Å². The number of halogens is 2. The van der Waals surface area contributed by atoms with Crippen LogP contribution in [0.2, 0.25) is 0 Å². The highest BCUT2D eigenvalue weighted by Crippen LogP contribution is 2.38. The van der Waals surface area contributed by atoms with Gasteiger partial charge in [0.1, 0.15) is 19.0 Å². The molecular formula is C27H22BrFN2O5S. The highest BCUT2D eigenvalue weighted by Gasteiger charge is 2.36. The molecule has 1 heterocycles. The summed E-state index contributed by atoms with van der Waals surface area (Å²) in [6, 6.07) is 17.0. The Bertz CT molecular complexity index is 1390. The van der Waals surface area contributed by atoms with Crippen LogP contribution in [-0.4, -0.2) is 35.6 Å². The summed E-state index contributed by atoms with van der Waals surface area (Å²) in [6.45, 7) is 1.82. The van der Waals surface area contributed by atoms with Crippen LogP contribution in [0.3, 0.4) is 0 Å². The van der Waals surface area contributed by atoms with E-state index >= 15 is 0 Å². The fourth-order valence-corrected chi connectivity index (χ4v) is 4.72. The molecular weight excluding hydrogens is 563 g/mol. The molecule has 190 valence electrons. The minimum atomic E-state index is -0.688. The number of benzene rings is 3. The highest BCUT2D eigenvalue weighted by molar-refractivity contribution is 9.10. The lowest BCUT2D eigenvalue weighted by molar-refractivity contribution is -0.127. The number of ether oxygens (including phenoxy) is 2. The largest absolute Gasteiger partial charge is 0.493 e. The molecule has 10 heteroatoms. The number of nitrogens with one attached hydrogen (secondary N) is 1. The summed E-state index contributed by atoms with van der Waals surface area (Å²) in [4.78, 5) is 38.6. The van der Waals surface area contributed by atoms with Crippen molar-refractivity contribution in [1.29, 1.82) is 0 Å². The number of nitrogens with zero attached hydrogens (tertiary/aromatic N) is 1. The summed E-state index contributed by atoms with van der Waals surface area (Å²) in [6.07, 6.45) is 1.54. The van der Waals surface area contributed by atoms with Crippen molar-refractivity contribution in [3.05, 3.63) is 92.5 Å². The van der Waals surface area contributed by atoms with Crippen LogP contribution in [0.25, 0.3) is 6.08 Å². The summed E-state index contributed by atoms with van der Waals surface area (Å²) >= 11 is 4.20. The Hall–Kier alpha value is -3.63. The SMILES string of the molecule is COc1cc(/C=C2\SC(=O)N(CC(=O)Nc3ccccc3F)C2=O)c(Br)cc1OCc1ccc(C)cc1. The average Bonchev–Trinajstić information content (AvgIpc) is 3.13. The second-order valence-corrected chi connectivity index (χ2v) is 9.94. The molecule has 0 atom stereocenters. The smallest absolute Gasteiger partial charge is 0.294 e. The number of hydrogen-bond acceptors (Lipinski definition) is 6. The lowest BCUT2D eigenvalue weighted by Gasteiger charge is -2.14. The normalized spacial score (nSPS) is 14.3. The number of rotatable bonds is 8. The number of thioether (sulfide) groups is 1. The molecule has 0 saturated carbocycles. The predicted octanol–water partition coefficient (Wildman–Crippen LogP) is 6.16. The molecule has 3 amide bonds. The number of aryl methyl sites for hydroxylation is 1. The zero-order valence-electron chi connectivity index (χ0n) is 19.9. The Morgan fingerprint density at radius 2 is 1.84 bits per heavy atom. The number of para-hydroxylation sites is 1. The molecule has 0 bridgehead atoms. The molecule has 0 radical (unpaired) electrons. The maximum atomic E-state index is 13.8. The van der Waals surface area contributed by atoms with Gasteiger partial charge in [-0.3, -0.25) is 19.3 Å². The third-order valence-electron chi connectivity index (χ3n) is 5.41. The van der Waals surface area contributed by atoms with E-state index in [9.17, 15) is 18.8 Å². The summed E-state index contributed by atoms with van der Waals surface area (Å²) in [7, 11) is 1.51. The van der Waals surface area contributed by atoms with Gasteiger partial charge in [0, 0.05) is 4.47 Å². The summed E-state index contributed by atoms with van der Waals surface area (Å²) < 4.78 is 25.8. The second-order valence-electron chi connectivity index (χ2n) is 8.09. The first-order valence-electron chi connectivity index (χ1n) is 11.1. The van der Waals surface area contributed by atoms with Crippen LogP contribution in [0.5, 0.6) is 11.5 Å². The van der Waals surface area contributed by atoms with Gasteiger partial charge in [-0.25, -0.2) is 4.39 Å². The third-order valence-corrected chi connectivity index (χ3v) is 7.00. The average molecular weight is 585 g/mol. The van der Waals surface area contributed by atoms with Gasteiger partial charge < -0.3 is 14.8 Å². The van der Waals surface area contributed by atoms with Crippen molar-refractivity contribution in [1.82, 2.24) is 4.90 Å². The van der Waals surface area contributed by atoms with Crippen molar-refractivity contribution in [3.63, 3.8) is 0 Å². The first-order chi connectivity index (χ1) is 17.7. The number of methoxy groups -OCH3 is 1. The number of amides is 3. The van der Waals surface area contributed by atoms with Gasteiger partial charge in [-0.2, -0.15) is 0 Å². The van der Waals surface area contributed by atoms with Gasteiger partial charge in [0.05, 0.1) is 17.7 Å². The minimum Gasteiger partial charge on any atom is -0.493 e. The molecule has 3 aromatic carbocycles. The van der Waals surface area contributed by atoms with E-state index in [1.54, 1.807) is 18.2 Å². The Labute approximate surface area is 225 Å². The van der Waals surface area contributed by atoms with Crippen molar-refractivity contribution < 1.29 is 28.2 Å². The van der Waals surface area contributed by atoms with Crippen LogP contribution >= 0.6 is 27.7 Å². The molecule has 4 rings (SSSR count). The third kappa shape index (κ3) is 6.39. The molecule has 1 aliphatic heterocycles. The Morgan fingerprint density at radius 3 is 2.54 bits per heavy atom. The standard InChI is InChI=1S/C27H22BrFN2O5S/c1-16-7-9-17(10-8-16)15-36-23-13-19(28)18(11-22(23)35-2)12-24-26(33)31(27(34)37-24)14-25(32)30-21-6-4-3-5-20(21)29/h3-13H,14-15H2,1-2H3,(H,30,32)/b24-12-. The molecule has 37 heavy (non-hydrogen) atoms. The van der Waals surface area contributed by atoms with E-state index in [0.717, 1.165) is 16.0 Å². The van der Waals surface area contributed by atoms with Crippen molar-refractivity contribution >= 4 is 56.5 Å². The van der Waals surface area contributed by atoms with Crippen LogP contribution in [0.4, 0.5) is 14.9 Å². The molecule has 0 aliphatic carbocycles. The highest BCUT2D eigenvalue weighted by atomic mass is 79.9. The van der Waals surface area contributed by atoms with Gasteiger partial charge >= 0.3 is 0 Å². The van der Waals surface area contributed by atoms with Crippen LogP contribution < -0.4 is 14.8 Å². The van der Waals surface area contributed by atoms with Crippen LogP contribution in [-0.2, 0) is 16.2 Å². The number of imide groups is 1. The maximum absolute atomic E-state index is 13.8. The second kappa shape index (κ2) is 11.6. The molecule has 1 saturated heterocycles. The Balaban J connectivity index is 1.47. The van der Waals surface area contributed by atoms with Gasteiger partial charge in [0.15, 0.2) is 11.5 Å². The molecule has 1 fully saturated rings. The zero-order chi connectivity index (χ0) is 26.5. The predicted molar refractivity (Wildman–Crippen MR) is 144 cm³/mol. The van der Waals surface area contributed by atoms with Crippen LogP contribution in [0.15, 0.2) is 70.0 Å². The Morgan fingerprint density at radius 1 is 1.11 bits per heavy atom. The quantitative estimate of drug-likeness (QED) is 0.319. The number of carbonyl (C=O) groups excluding carboxylic acids is 3. The summed E-state index contributed by atoms with van der Waals surface area (Å²) in [5, 5.41) is 1.78. The number of anilines is 1. The van der Waals surface area contributed by atoms with E-state index < -0.39 is 29.4 Å². The lowest BCUT2D eigenvalue weighted by Crippen LogP contribution is -2.36. The number of hydrogen-bond donors (Lipinski definition) is 1. The van der Waals surface area contributed by atoms with E-state index in [4.69, 9.17) is 9.47 Å². The lowest BCUT2D eigenvalue weighted by atomic mass is 10.1. The van der Waals surface area contributed by atoms with E-state index in [2.05, 4.69) is 21.2 Å². The van der Waals surface area contributed by atoms with Gasteiger partial charge in [-0.05, 0) is 60.2 Å². The maximum Gasteiger partial charge on any atom is 0.294 e.